The van der Waals surface area contributed by atoms with Crippen molar-refractivity contribution in [3.63, 3.8) is 0 Å². The molecule has 5 heteroatoms. The molecule has 1 fully saturated rings. The van der Waals surface area contributed by atoms with E-state index in [0.29, 0.717) is 11.8 Å². The Bertz CT molecular complexity index is 619. The van der Waals surface area contributed by atoms with Gasteiger partial charge in [0.2, 0.25) is 0 Å². The quantitative estimate of drug-likeness (QED) is 0.903. The molecule has 0 bridgehead atoms. The number of phenols is 1. The number of aromatic hydroxyl groups is 1. The lowest BCUT2D eigenvalue weighted by Gasteiger charge is -2.36. The van der Waals surface area contributed by atoms with Crippen molar-refractivity contribution < 1.29 is 9.84 Å². The summed E-state index contributed by atoms with van der Waals surface area (Å²) < 4.78 is 5.10. The van der Waals surface area contributed by atoms with E-state index in [4.69, 9.17) is 4.74 Å². The Balaban J connectivity index is 1.78. The highest BCUT2D eigenvalue weighted by Crippen LogP contribution is 2.29. The van der Waals surface area contributed by atoms with Gasteiger partial charge in [-0.05, 0) is 29.3 Å². The molecule has 1 saturated heterocycles. The lowest BCUT2D eigenvalue weighted by molar-refractivity contribution is 0.153. The number of nitrogens with one attached hydrogen (secondary N) is 1. The first-order chi connectivity index (χ1) is 10.8. The van der Waals surface area contributed by atoms with Gasteiger partial charge in [-0.1, -0.05) is 12.1 Å². The van der Waals surface area contributed by atoms with Gasteiger partial charge in [0.15, 0.2) is 11.5 Å². The highest BCUT2D eigenvalue weighted by Gasteiger charge is 2.24. The number of aromatic nitrogens is 1. The van der Waals surface area contributed by atoms with E-state index in [-0.39, 0.29) is 5.75 Å². The molecule has 0 radical (unpaired) electrons. The zero-order valence-corrected chi connectivity index (χ0v) is 12.7. The lowest BCUT2D eigenvalue weighted by Crippen LogP contribution is -2.45. The van der Waals surface area contributed by atoms with E-state index in [0.717, 1.165) is 31.7 Å². The van der Waals surface area contributed by atoms with E-state index >= 15 is 0 Å². The third-order valence-corrected chi connectivity index (χ3v) is 4.05. The monoisotopic (exact) mass is 299 g/mol. The van der Waals surface area contributed by atoms with Crippen LogP contribution >= 0.6 is 0 Å². The highest BCUT2D eigenvalue weighted by atomic mass is 16.5. The predicted molar refractivity (Wildman–Crippen MR) is 84.9 cm³/mol. The average Bonchev–Trinajstić information content (AvgIpc) is 2.56. The molecule has 0 saturated carbocycles. The Morgan fingerprint density at radius 2 is 2.32 bits per heavy atom. The fraction of sp³-hybridized carbons (Fsp3) is 0.353. The number of phenolic OH excluding ortho intramolecular Hbond substituents is 1. The van der Waals surface area contributed by atoms with Crippen LogP contribution < -0.4 is 10.1 Å². The van der Waals surface area contributed by atoms with Crippen LogP contribution in [0.5, 0.6) is 11.5 Å². The molecule has 3 rings (SSSR count). The standard InChI is InChI=1S/C17H21N3O2/c1-22-17-5-4-13(9-16(17)21)12-20-8-7-19-11-15(20)14-3-2-6-18-10-14/h2-6,9-10,15,19,21H,7-8,11-12H2,1H3. The van der Waals surface area contributed by atoms with E-state index < -0.39 is 0 Å². The van der Waals surface area contributed by atoms with Crippen molar-refractivity contribution in [2.24, 2.45) is 0 Å². The number of nitrogens with zero attached hydrogens (tertiary/aromatic N) is 2. The Kier molecular flexibility index (Phi) is 4.56. The number of piperazine rings is 1. The fourth-order valence-electron chi connectivity index (χ4n) is 2.91. The molecule has 116 valence electrons. The Hall–Kier alpha value is -2.11. The van der Waals surface area contributed by atoms with Gasteiger partial charge in [-0.15, -0.1) is 0 Å². The van der Waals surface area contributed by atoms with Crippen LogP contribution in [0.15, 0.2) is 42.7 Å². The molecule has 1 unspecified atom stereocenters. The first-order valence-corrected chi connectivity index (χ1v) is 7.48. The minimum atomic E-state index is 0.188. The smallest absolute Gasteiger partial charge is 0.160 e. The maximum atomic E-state index is 9.94. The molecule has 2 aromatic rings. The van der Waals surface area contributed by atoms with Crippen LogP contribution in [0.1, 0.15) is 17.2 Å². The summed E-state index contributed by atoms with van der Waals surface area (Å²) in [7, 11) is 1.56. The van der Waals surface area contributed by atoms with Crippen LogP contribution in [0.25, 0.3) is 0 Å². The highest BCUT2D eigenvalue weighted by molar-refractivity contribution is 5.41. The molecular weight excluding hydrogens is 278 g/mol. The molecule has 22 heavy (non-hydrogen) atoms. The van der Waals surface area contributed by atoms with Crippen LogP contribution in [0.4, 0.5) is 0 Å². The van der Waals surface area contributed by atoms with Gasteiger partial charge in [0.05, 0.1) is 7.11 Å². The van der Waals surface area contributed by atoms with Crippen molar-refractivity contribution in [2.75, 3.05) is 26.7 Å². The third-order valence-electron chi connectivity index (χ3n) is 4.05. The molecular formula is C17H21N3O2. The number of methoxy groups -OCH3 is 1. The summed E-state index contributed by atoms with van der Waals surface area (Å²) in [6.45, 7) is 3.64. The van der Waals surface area contributed by atoms with Gasteiger partial charge in [0, 0.05) is 44.6 Å². The molecule has 1 aliphatic heterocycles. The van der Waals surface area contributed by atoms with Gasteiger partial charge in [-0.25, -0.2) is 0 Å². The van der Waals surface area contributed by atoms with Gasteiger partial charge in [-0.3, -0.25) is 9.88 Å². The summed E-state index contributed by atoms with van der Waals surface area (Å²) in [4.78, 5) is 6.64. The van der Waals surface area contributed by atoms with Gasteiger partial charge >= 0.3 is 0 Å². The normalized spacial score (nSPS) is 19.0. The number of benzene rings is 1. The van der Waals surface area contributed by atoms with Crippen LogP contribution in [0.3, 0.4) is 0 Å². The minimum Gasteiger partial charge on any atom is -0.504 e. The maximum absolute atomic E-state index is 9.94. The van der Waals surface area contributed by atoms with Crippen LogP contribution in [-0.2, 0) is 6.54 Å². The van der Waals surface area contributed by atoms with Gasteiger partial charge in [0.1, 0.15) is 0 Å². The fourth-order valence-corrected chi connectivity index (χ4v) is 2.91. The Morgan fingerprint density at radius 1 is 1.41 bits per heavy atom. The second-order valence-electron chi connectivity index (χ2n) is 5.48. The summed E-state index contributed by atoms with van der Waals surface area (Å²) in [5, 5.41) is 13.4. The summed E-state index contributed by atoms with van der Waals surface area (Å²) in [6.07, 6.45) is 3.72. The topological polar surface area (TPSA) is 57.6 Å². The average molecular weight is 299 g/mol. The van der Waals surface area contributed by atoms with E-state index in [1.807, 2.05) is 24.4 Å². The molecule has 2 N–H and O–H groups in total. The Morgan fingerprint density at radius 3 is 3.05 bits per heavy atom. The second-order valence-corrected chi connectivity index (χ2v) is 5.48. The van der Waals surface area contributed by atoms with Crippen molar-refractivity contribution in [3.8, 4) is 11.5 Å². The number of hydrogen-bond acceptors (Lipinski definition) is 5. The molecule has 1 aromatic carbocycles. The zero-order valence-electron chi connectivity index (χ0n) is 12.7. The molecule has 2 heterocycles. The molecule has 1 aliphatic rings. The maximum Gasteiger partial charge on any atom is 0.160 e. The van der Waals surface area contributed by atoms with Gasteiger partial charge in [-0.2, -0.15) is 0 Å². The minimum absolute atomic E-state index is 0.188. The zero-order chi connectivity index (χ0) is 15.4. The summed E-state index contributed by atoms with van der Waals surface area (Å²) in [5.41, 5.74) is 2.29. The van der Waals surface area contributed by atoms with Gasteiger partial charge < -0.3 is 15.2 Å². The molecule has 0 spiro atoms. The largest absolute Gasteiger partial charge is 0.504 e. The van der Waals surface area contributed by atoms with Crippen molar-refractivity contribution in [2.45, 2.75) is 12.6 Å². The van der Waals surface area contributed by atoms with Crippen molar-refractivity contribution in [1.82, 2.24) is 15.2 Å². The van der Waals surface area contributed by atoms with Crippen LogP contribution in [0, 0.1) is 0 Å². The number of hydrogen-bond donors (Lipinski definition) is 2. The lowest BCUT2D eigenvalue weighted by atomic mass is 10.0. The Labute approximate surface area is 130 Å². The van der Waals surface area contributed by atoms with E-state index in [1.54, 1.807) is 19.4 Å². The molecule has 0 aliphatic carbocycles. The first-order valence-electron chi connectivity index (χ1n) is 7.48. The summed E-state index contributed by atoms with van der Waals surface area (Å²) in [6, 6.07) is 9.98. The van der Waals surface area contributed by atoms with Crippen LogP contribution in [0.2, 0.25) is 0 Å². The first kappa shape index (κ1) is 14.8. The molecule has 1 aromatic heterocycles. The summed E-state index contributed by atoms with van der Waals surface area (Å²) in [5.74, 6) is 0.695. The molecule has 5 nitrogen and oxygen atoms in total. The van der Waals surface area contributed by atoms with Crippen molar-refractivity contribution in [1.29, 1.82) is 0 Å². The third kappa shape index (κ3) is 3.21. The molecule has 1 atom stereocenters. The van der Waals surface area contributed by atoms with E-state index in [1.165, 1.54) is 5.56 Å². The number of pyridine rings is 1. The van der Waals surface area contributed by atoms with Crippen LogP contribution in [-0.4, -0.2) is 41.7 Å². The van der Waals surface area contributed by atoms with Crippen molar-refractivity contribution in [3.05, 3.63) is 53.9 Å². The van der Waals surface area contributed by atoms with Gasteiger partial charge in [0.25, 0.3) is 0 Å². The van der Waals surface area contributed by atoms with E-state index in [9.17, 15) is 5.11 Å². The predicted octanol–water partition coefficient (Wildman–Crippen LogP) is 1.94. The second kappa shape index (κ2) is 6.77. The summed E-state index contributed by atoms with van der Waals surface area (Å²) >= 11 is 0. The molecule has 0 amide bonds. The van der Waals surface area contributed by atoms with Crippen molar-refractivity contribution >= 4 is 0 Å². The number of ether oxygens (including phenoxy) is 1. The SMILES string of the molecule is COc1ccc(CN2CCNCC2c2cccnc2)cc1O. The van der Waals surface area contributed by atoms with E-state index in [2.05, 4.69) is 21.3 Å². The number of rotatable bonds is 4.